The Hall–Kier alpha value is -2.37. The van der Waals surface area contributed by atoms with E-state index in [1.54, 1.807) is 0 Å². The zero-order valence-corrected chi connectivity index (χ0v) is 15.4. The molecule has 3 aromatic carbocycles. The summed E-state index contributed by atoms with van der Waals surface area (Å²) in [6, 6.07) is 16.2. The lowest BCUT2D eigenvalue weighted by Gasteiger charge is -2.10. The van der Waals surface area contributed by atoms with Gasteiger partial charge in [0.2, 0.25) is 0 Å². The summed E-state index contributed by atoms with van der Waals surface area (Å²) in [5.41, 5.74) is 2.84. The van der Waals surface area contributed by atoms with Crippen LogP contribution < -0.4 is 10.6 Å². The molecule has 0 unspecified atom stereocenters. The van der Waals surface area contributed by atoms with Gasteiger partial charge in [-0.05, 0) is 36.7 Å². The van der Waals surface area contributed by atoms with Crippen molar-refractivity contribution >= 4 is 54.4 Å². The standard InChI is InChI=1S/C20H18BrN3O/c1-22-8-9-23-20(25)17-11-16-14-4-2-3-5-18(14)24-19(16)15-10-12(21)6-7-13(15)17/h2-7,10-11,22,24H,8-9H2,1H3,(H,23,25). The van der Waals surface area contributed by atoms with E-state index in [1.807, 2.05) is 37.4 Å². The van der Waals surface area contributed by atoms with Gasteiger partial charge < -0.3 is 15.6 Å². The van der Waals surface area contributed by atoms with Crippen LogP contribution in [-0.4, -0.2) is 31.0 Å². The van der Waals surface area contributed by atoms with Gasteiger partial charge in [-0.15, -0.1) is 0 Å². The average molecular weight is 396 g/mol. The Labute approximate surface area is 153 Å². The molecule has 4 rings (SSSR count). The third-order valence-electron chi connectivity index (χ3n) is 4.48. The molecule has 0 bridgehead atoms. The van der Waals surface area contributed by atoms with E-state index in [0.717, 1.165) is 43.6 Å². The fraction of sp³-hybridized carbons (Fsp3) is 0.150. The molecular formula is C20H18BrN3O. The van der Waals surface area contributed by atoms with Gasteiger partial charge in [-0.2, -0.15) is 0 Å². The molecule has 1 amide bonds. The van der Waals surface area contributed by atoms with Crippen LogP contribution in [0.25, 0.3) is 32.6 Å². The zero-order chi connectivity index (χ0) is 17.4. The number of para-hydroxylation sites is 1. The molecule has 1 aromatic heterocycles. The molecule has 0 fully saturated rings. The summed E-state index contributed by atoms with van der Waals surface area (Å²) in [6.07, 6.45) is 0. The largest absolute Gasteiger partial charge is 0.354 e. The number of halogens is 1. The SMILES string of the molecule is CNCCNC(=O)c1cc2c3ccccc3[nH]c2c2cc(Br)ccc12. The van der Waals surface area contributed by atoms with Gasteiger partial charge in [-0.1, -0.05) is 40.2 Å². The van der Waals surface area contributed by atoms with Crippen molar-refractivity contribution in [1.82, 2.24) is 15.6 Å². The number of rotatable bonds is 4. The number of hydrogen-bond donors (Lipinski definition) is 3. The first-order valence-electron chi connectivity index (χ1n) is 8.24. The monoisotopic (exact) mass is 395 g/mol. The number of aromatic amines is 1. The second kappa shape index (κ2) is 6.50. The Kier molecular flexibility index (Phi) is 4.19. The molecule has 126 valence electrons. The van der Waals surface area contributed by atoms with Gasteiger partial charge in [0.15, 0.2) is 0 Å². The lowest BCUT2D eigenvalue weighted by molar-refractivity contribution is 0.0956. The number of nitrogens with one attached hydrogen (secondary N) is 3. The zero-order valence-electron chi connectivity index (χ0n) is 13.8. The fourth-order valence-corrected chi connectivity index (χ4v) is 3.65. The van der Waals surface area contributed by atoms with Crippen molar-refractivity contribution < 1.29 is 4.79 Å². The number of hydrogen-bond acceptors (Lipinski definition) is 2. The van der Waals surface area contributed by atoms with Crippen LogP contribution in [0.5, 0.6) is 0 Å². The first kappa shape index (κ1) is 16.1. The summed E-state index contributed by atoms with van der Waals surface area (Å²) in [4.78, 5) is 16.3. The van der Waals surface area contributed by atoms with Gasteiger partial charge in [-0.25, -0.2) is 0 Å². The molecule has 0 saturated heterocycles. The Bertz CT molecular complexity index is 1100. The highest BCUT2D eigenvalue weighted by atomic mass is 79.9. The minimum absolute atomic E-state index is 0.0465. The summed E-state index contributed by atoms with van der Waals surface area (Å²) in [6.45, 7) is 1.34. The van der Waals surface area contributed by atoms with E-state index >= 15 is 0 Å². The number of carbonyl (C=O) groups is 1. The van der Waals surface area contributed by atoms with Crippen LogP contribution >= 0.6 is 15.9 Å². The molecule has 3 N–H and O–H groups in total. The molecule has 1 heterocycles. The number of H-pyrrole nitrogens is 1. The maximum absolute atomic E-state index is 12.8. The second-order valence-corrected chi connectivity index (χ2v) is 6.98. The van der Waals surface area contributed by atoms with E-state index in [9.17, 15) is 4.79 Å². The van der Waals surface area contributed by atoms with Gasteiger partial charge in [-0.3, -0.25) is 4.79 Å². The van der Waals surface area contributed by atoms with E-state index in [2.05, 4.69) is 49.7 Å². The molecule has 25 heavy (non-hydrogen) atoms. The number of carbonyl (C=O) groups excluding carboxylic acids is 1. The molecule has 0 saturated carbocycles. The number of fused-ring (bicyclic) bond motifs is 5. The summed E-state index contributed by atoms with van der Waals surface area (Å²) in [5.74, 6) is -0.0465. The van der Waals surface area contributed by atoms with E-state index < -0.39 is 0 Å². The van der Waals surface area contributed by atoms with Gasteiger partial charge >= 0.3 is 0 Å². The Balaban J connectivity index is 2.00. The number of likely N-dealkylation sites (N-methyl/N-ethyl adjacent to an activating group) is 1. The van der Waals surface area contributed by atoms with E-state index in [0.29, 0.717) is 12.1 Å². The minimum Gasteiger partial charge on any atom is -0.354 e. The molecule has 4 nitrogen and oxygen atoms in total. The second-order valence-electron chi connectivity index (χ2n) is 6.07. The molecule has 0 aliphatic heterocycles. The summed E-state index contributed by atoms with van der Waals surface area (Å²) >= 11 is 3.55. The lowest BCUT2D eigenvalue weighted by atomic mass is 9.99. The van der Waals surface area contributed by atoms with Crippen molar-refractivity contribution in [3.63, 3.8) is 0 Å². The lowest BCUT2D eigenvalue weighted by Crippen LogP contribution is -2.30. The van der Waals surface area contributed by atoms with Gasteiger partial charge in [0, 0.05) is 44.8 Å². The molecule has 4 aromatic rings. The highest BCUT2D eigenvalue weighted by Gasteiger charge is 2.16. The summed E-state index contributed by atoms with van der Waals surface area (Å²) in [5, 5.41) is 10.2. The average Bonchev–Trinajstić information content (AvgIpc) is 3.00. The van der Waals surface area contributed by atoms with Crippen molar-refractivity contribution in [3.05, 3.63) is 58.6 Å². The number of aromatic nitrogens is 1. The summed E-state index contributed by atoms with van der Waals surface area (Å²) < 4.78 is 0.993. The number of amides is 1. The van der Waals surface area contributed by atoms with Crippen LogP contribution in [0.2, 0.25) is 0 Å². The van der Waals surface area contributed by atoms with Crippen molar-refractivity contribution in [2.24, 2.45) is 0 Å². The van der Waals surface area contributed by atoms with Crippen LogP contribution in [-0.2, 0) is 0 Å². The molecule has 0 aliphatic rings. The predicted octanol–water partition coefficient (Wildman–Crippen LogP) is 4.19. The highest BCUT2D eigenvalue weighted by Crippen LogP contribution is 2.34. The quantitative estimate of drug-likeness (QED) is 0.453. The summed E-state index contributed by atoms with van der Waals surface area (Å²) in [7, 11) is 1.87. The van der Waals surface area contributed by atoms with Crippen LogP contribution in [0.15, 0.2) is 53.0 Å². The predicted molar refractivity (Wildman–Crippen MR) is 107 cm³/mol. The molecule has 0 atom stereocenters. The minimum atomic E-state index is -0.0465. The van der Waals surface area contributed by atoms with Crippen LogP contribution in [0.3, 0.4) is 0 Å². The molecular weight excluding hydrogens is 378 g/mol. The highest BCUT2D eigenvalue weighted by molar-refractivity contribution is 9.10. The molecule has 0 radical (unpaired) electrons. The third kappa shape index (κ3) is 2.79. The normalized spacial score (nSPS) is 11.4. The van der Waals surface area contributed by atoms with E-state index in [-0.39, 0.29) is 5.91 Å². The van der Waals surface area contributed by atoms with Crippen LogP contribution in [0.1, 0.15) is 10.4 Å². The first-order valence-corrected chi connectivity index (χ1v) is 9.04. The van der Waals surface area contributed by atoms with Gasteiger partial charge in [0.05, 0.1) is 5.52 Å². The fourth-order valence-electron chi connectivity index (χ4n) is 3.29. The molecule has 0 aliphatic carbocycles. The Morgan fingerprint density at radius 1 is 1.00 bits per heavy atom. The first-order chi connectivity index (χ1) is 12.2. The Morgan fingerprint density at radius 2 is 1.80 bits per heavy atom. The van der Waals surface area contributed by atoms with Crippen molar-refractivity contribution in [2.45, 2.75) is 0 Å². The van der Waals surface area contributed by atoms with E-state index in [1.165, 1.54) is 0 Å². The van der Waals surface area contributed by atoms with Crippen LogP contribution in [0, 0.1) is 0 Å². The third-order valence-corrected chi connectivity index (χ3v) is 4.97. The van der Waals surface area contributed by atoms with Crippen molar-refractivity contribution in [2.75, 3.05) is 20.1 Å². The molecule has 5 heteroatoms. The van der Waals surface area contributed by atoms with Crippen molar-refractivity contribution in [1.29, 1.82) is 0 Å². The Morgan fingerprint density at radius 3 is 2.64 bits per heavy atom. The number of benzene rings is 3. The van der Waals surface area contributed by atoms with Gasteiger partial charge in [0.1, 0.15) is 0 Å². The smallest absolute Gasteiger partial charge is 0.251 e. The maximum atomic E-state index is 12.8. The topological polar surface area (TPSA) is 56.9 Å². The van der Waals surface area contributed by atoms with Crippen LogP contribution in [0.4, 0.5) is 0 Å². The maximum Gasteiger partial charge on any atom is 0.251 e. The van der Waals surface area contributed by atoms with Crippen molar-refractivity contribution in [3.8, 4) is 0 Å². The van der Waals surface area contributed by atoms with E-state index in [4.69, 9.17) is 0 Å². The molecule has 0 spiro atoms. The van der Waals surface area contributed by atoms with Gasteiger partial charge in [0.25, 0.3) is 5.91 Å².